The largest absolute Gasteiger partial charge is 0.306 e. The normalized spacial score (nSPS) is 37.7. The molecule has 1 heterocycles. The summed E-state index contributed by atoms with van der Waals surface area (Å²) < 4.78 is 0. The SMILES string of the molecule is CN(C)C1C2CN(CC3=CCCC=C3)CC21. The maximum absolute atomic E-state index is 2.64. The molecule has 2 atom stereocenters. The molecule has 3 rings (SSSR count). The Kier molecular flexibility index (Phi) is 2.64. The predicted octanol–water partition coefficient (Wildman–Crippen LogP) is 1.75. The van der Waals surface area contributed by atoms with Crippen molar-refractivity contribution in [2.24, 2.45) is 11.8 Å². The average molecular weight is 218 g/mol. The zero-order chi connectivity index (χ0) is 11.1. The van der Waals surface area contributed by atoms with E-state index >= 15 is 0 Å². The van der Waals surface area contributed by atoms with E-state index < -0.39 is 0 Å². The van der Waals surface area contributed by atoms with Gasteiger partial charge in [-0.15, -0.1) is 0 Å². The molecule has 1 saturated heterocycles. The highest BCUT2D eigenvalue weighted by Gasteiger charge is 2.56. The second-order valence-electron chi connectivity index (χ2n) is 5.73. The van der Waals surface area contributed by atoms with Gasteiger partial charge in [0.05, 0.1) is 0 Å². The number of piperidine rings is 1. The van der Waals surface area contributed by atoms with Gasteiger partial charge in [-0.1, -0.05) is 18.2 Å². The van der Waals surface area contributed by atoms with E-state index in [2.05, 4.69) is 42.1 Å². The van der Waals surface area contributed by atoms with Crippen LogP contribution in [0.5, 0.6) is 0 Å². The van der Waals surface area contributed by atoms with Gasteiger partial charge < -0.3 is 4.90 Å². The van der Waals surface area contributed by atoms with Crippen LogP contribution in [-0.2, 0) is 0 Å². The number of rotatable bonds is 3. The van der Waals surface area contributed by atoms with Crippen LogP contribution >= 0.6 is 0 Å². The lowest BCUT2D eigenvalue weighted by Gasteiger charge is -2.22. The molecule has 0 aromatic heterocycles. The van der Waals surface area contributed by atoms with E-state index in [0.717, 1.165) is 17.9 Å². The molecular weight excluding hydrogens is 196 g/mol. The van der Waals surface area contributed by atoms with Crippen molar-refractivity contribution in [1.82, 2.24) is 9.80 Å². The standard InChI is InChI=1S/C14H22N2/c1-15(2)14-12-9-16(10-13(12)14)8-11-6-4-3-5-7-11/h4,6-7,12-14H,3,5,8-10H2,1-2H3. The fourth-order valence-corrected chi connectivity index (χ4v) is 3.52. The first-order valence-corrected chi connectivity index (χ1v) is 6.50. The van der Waals surface area contributed by atoms with Gasteiger partial charge in [0.25, 0.3) is 0 Å². The molecule has 0 bridgehead atoms. The molecule has 2 heteroatoms. The lowest BCUT2D eigenvalue weighted by atomic mass is 10.1. The smallest absolute Gasteiger partial charge is 0.0230 e. The minimum atomic E-state index is 0.882. The molecule has 0 amide bonds. The van der Waals surface area contributed by atoms with Gasteiger partial charge >= 0.3 is 0 Å². The quantitative estimate of drug-likeness (QED) is 0.712. The first kappa shape index (κ1) is 10.5. The average Bonchev–Trinajstić information content (AvgIpc) is 2.79. The van der Waals surface area contributed by atoms with Crippen LogP contribution in [0, 0.1) is 11.8 Å². The molecule has 88 valence electrons. The predicted molar refractivity (Wildman–Crippen MR) is 67.4 cm³/mol. The van der Waals surface area contributed by atoms with Crippen molar-refractivity contribution in [2.75, 3.05) is 33.7 Å². The van der Waals surface area contributed by atoms with Crippen molar-refractivity contribution in [1.29, 1.82) is 0 Å². The Morgan fingerprint density at radius 1 is 1.25 bits per heavy atom. The Bertz CT molecular complexity index is 318. The highest BCUT2D eigenvalue weighted by atomic mass is 15.3. The number of fused-ring (bicyclic) bond motifs is 1. The molecule has 2 aliphatic carbocycles. The van der Waals surface area contributed by atoms with Crippen molar-refractivity contribution >= 4 is 0 Å². The van der Waals surface area contributed by atoms with Gasteiger partial charge in [-0.25, -0.2) is 0 Å². The summed E-state index contributed by atoms with van der Waals surface area (Å²) in [6.07, 6.45) is 9.52. The summed E-state index contributed by atoms with van der Waals surface area (Å²) in [6.45, 7) is 3.82. The molecule has 1 aliphatic heterocycles. The highest BCUT2D eigenvalue weighted by molar-refractivity contribution is 5.24. The summed E-state index contributed by atoms with van der Waals surface area (Å²) >= 11 is 0. The summed E-state index contributed by atoms with van der Waals surface area (Å²) in [7, 11) is 4.44. The minimum Gasteiger partial charge on any atom is -0.306 e. The third-order valence-corrected chi connectivity index (χ3v) is 4.30. The van der Waals surface area contributed by atoms with Crippen LogP contribution in [0.1, 0.15) is 12.8 Å². The second-order valence-corrected chi connectivity index (χ2v) is 5.73. The zero-order valence-electron chi connectivity index (χ0n) is 10.4. The summed E-state index contributed by atoms with van der Waals surface area (Å²) in [5, 5.41) is 0. The molecule has 3 aliphatic rings. The summed E-state index contributed by atoms with van der Waals surface area (Å²) in [4.78, 5) is 5.04. The van der Waals surface area contributed by atoms with Crippen LogP contribution in [0.15, 0.2) is 23.8 Å². The third-order valence-electron chi connectivity index (χ3n) is 4.30. The van der Waals surface area contributed by atoms with Gasteiger partial charge in [0.2, 0.25) is 0 Å². The maximum Gasteiger partial charge on any atom is 0.0230 e. The van der Waals surface area contributed by atoms with E-state index in [0.29, 0.717) is 0 Å². The molecule has 2 nitrogen and oxygen atoms in total. The Labute approximate surface area is 98.6 Å². The van der Waals surface area contributed by atoms with E-state index in [4.69, 9.17) is 0 Å². The molecule has 0 aromatic carbocycles. The molecule has 0 radical (unpaired) electrons. The van der Waals surface area contributed by atoms with E-state index in [1.165, 1.54) is 38.0 Å². The van der Waals surface area contributed by atoms with Gasteiger partial charge in [-0.05, 0) is 44.3 Å². The second kappa shape index (κ2) is 4.01. The first-order chi connectivity index (χ1) is 7.75. The number of hydrogen-bond donors (Lipinski definition) is 0. The van der Waals surface area contributed by atoms with E-state index in [1.54, 1.807) is 0 Å². The number of hydrogen-bond acceptors (Lipinski definition) is 2. The third kappa shape index (κ3) is 1.85. The van der Waals surface area contributed by atoms with Crippen molar-refractivity contribution in [3.8, 4) is 0 Å². The zero-order valence-corrected chi connectivity index (χ0v) is 10.4. The summed E-state index contributed by atoms with van der Waals surface area (Å²) in [5.74, 6) is 1.92. The van der Waals surface area contributed by atoms with Crippen molar-refractivity contribution in [3.63, 3.8) is 0 Å². The van der Waals surface area contributed by atoms with Gasteiger partial charge in [0, 0.05) is 25.7 Å². The van der Waals surface area contributed by atoms with Crippen LogP contribution in [-0.4, -0.2) is 49.6 Å². The van der Waals surface area contributed by atoms with Crippen molar-refractivity contribution in [2.45, 2.75) is 18.9 Å². The van der Waals surface area contributed by atoms with Gasteiger partial charge in [-0.2, -0.15) is 0 Å². The van der Waals surface area contributed by atoms with E-state index in [-0.39, 0.29) is 0 Å². The number of nitrogens with zero attached hydrogens (tertiary/aromatic N) is 2. The Hall–Kier alpha value is -0.600. The fourth-order valence-electron chi connectivity index (χ4n) is 3.52. The highest BCUT2D eigenvalue weighted by Crippen LogP contribution is 2.48. The monoisotopic (exact) mass is 218 g/mol. The summed E-state index contributed by atoms with van der Waals surface area (Å²) in [5.41, 5.74) is 1.54. The number of likely N-dealkylation sites (tertiary alicyclic amines) is 1. The molecule has 0 aromatic rings. The topological polar surface area (TPSA) is 6.48 Å². The maximum atomic E-state index is 2.64. The molecule has 1 saturated carbocycles. The van der Waals surface area contributed by atoms with Crippen LogP contribution in [0.4, 0.5) is 0 Å². The van der Waals surface area contributed by atoms with Crippen molar-refractivity contribution < 1.29 is 0 Å². The van der Waals surface area contributed by atoms with Crippen LogP contribution in [0.3, 0.4) is 0 Å². The van der Waals surface area contributed by atoms with Crippen molar-refractivity contribution in [3.05, 3.63) is 23.8 Å². The molecule has 0 spiro atoms. The van der Waals surface area contributed by atoms with E-state index in [1.807, 2.05) is 0 Å². The molecular formula is C14H22N2. The molecule has 0 N–H and O–H groups in total. The van der Waals surface area contributed by atoms with Crippen LogP contribution in [0.25, 0.3) is 0 Å². The fraction of sp³-hybridized carbons (Fsp3) is 0.714. The Morgan fingerprint density at radius 2 is 2.00 bits per heavy atom. The first-order valence-electron chi connectivity index (χ1n) is 6.50. The van der Waals surface area contributed by atoms with Crippen LogP contribution in [0.2, 0.25) is 0 Å². The van der Waals surface area contributed by atoms with E-state index in [9.17, 15) is 0 Å². The molecule has 2 fully saturated rings. The van der Waals surface area contributed by atoms with Gasteiger partial charge in [0.15, 0.2) is 0 Å². The van der Waals surface area contributed by atoms with Gasteiger partial charge in [-0.3, -0.25) is 4.90 Å². The molecule has 2 unspecified atom stereocenters. The lowest BCUT2D eigenvalue weighted by Crippen LogP contribution is -2.31. The molecule has 16 heavy (non-hydrogen) atoms. The Balaban J connectivity index is 1.51. The van der Waals surface area contributed by atoms with Crippen LogP contribution < -0.4 is 0 Å². The van der Waals surface area contributed by atoms with Gasteiger partial charge in [0.1, 0.15) is 0 Å². The summed E-state index contributed by atoms with van der Waals surface area (Å²) in [6, 6.07) is 0.882. The Morgan fingerprint density at radius 3 is 2.56 bits per heavy atom. The number of allylic oxidation sites excluding steroid dienone is 2. The lowest BCUT2D eigenvalue weighted by molar-refractivity contribution is 0.264. The minimum absolute atomic E-state index is 0.882.